The molecule has 0 saturated carbocycles. The number of rotatable bonds is 9. The van der Waals surface area contributed by atoms with Crippen molar-refractivity contribution in [1.29, 1.82) is 0 Å². The minimum absolute atomic E-state index is 0.132. The van der Waals surface area contributed by atoms with Crippen LogP contribution < -0.4 is 0 Å². The number of methoxy groups -OCH3 is 1. The molecule has 0 radical (unpaired) electrons. The quantitative estimate of drug-likeness (QED) is 0.216. The molecule has 0 spiro atoms. The Bertz CT molecular complexity index is 1140. The van der Waals surface area contributed by atoms with E-state index in [0.29, 0.717) is 13.0 Å². The Kier molecular flexibility index (Phi) is 15.6. The first-order valence-corrected chi connectivity index (χ1v) is 19.1. The number of nitrogens with zero attached hydrogens (tertiary/aromatic N) is 2. The maximum absolute atomic E-state index is 14.4. The fraction of sp³-hybridized carbons (Fsp3) is 0.974. The molecule has 3 saturated heterocycles. The largest absolute Gasteiger partial charge is 0.457 e. The van der Waals surface area contributed by atoms with E-state index in [4.69, 9.17) is 28.4 Å². The second kappa shape index (κ2) is 17.8. The molecule has 0 aromatic heterocycles. The average molecular weight is 749 g/mol. The molecule has 14 heteroatoms. The van der Waals surface area contributed by atoms with Crippen molar-refractivity contribution < 1.29 is 58.7 Å². The lowest BCUT2D eigenvalue weighted by molar-refractivity contribution is -0.318. The summed E-state index contributed by atoms with van der Waals surface area (Å²) in [4.78, 5) is 18.3. The molecule has 0 bridgehead atoms. The highest BCUT2D eigenvalue weighted by Crippen LogP contribution is 2.40. The van der Waals surface area contributed by atoms with E-state index in [9.17, 15) is 30.3 Å². The summed E-state index contributed by atoms with van der Waals surface area (Å²) in [7, 11) is 7.14. The molecule has 306 valence electrons. The highest BCUT2D eigenvalue weighted by Gasteiger charge is 2.53. The number of carbonyl (C=O) groups is 1. The summed E-state index contributed by atoms with van der Waals surface area (Å²) >= 11 is 0. The Morgan fingerprint density at radius 2 is 1.67 bits per heavy atom. The number of aliphatic hydroxyl groups is 5. The van der Waals surface area contributed by atoms with Gasteiger partial charge in [0, 0.05) is 38.1 Å². The van der Waals surface area contributed by atoms with Gasteiger partial charge in [0.2, 0.25) is 0 Å². The van der Waals surface area contributed by atoms with Crippen LogP contribution in [0.1, 0.15) is 94.9 Å². The third-order valence-corrected chi connectivity index (χ3v) is 12.2. The van der Waals surface area contributed by atoms with Gasteiger partial charge in [-0.05, 0) is 94.8 Å². The van der Waals surface area contributed by atoms with Crippen molar-refractivity contribution in [3.05, 3.63) is 0 Å². The van der Waals surface area contributed by atoms with Crippen LogP contribution in [0.15, 0.2) is 0 Å². The van der Waals surface area contributed by atoms with E-state index < -0.39 is 96.0 Å². The van der Waals surface area contributed by atoms with Gasteiger partial charge < -0.3 is 58.9 Å². The summed E-state index contributed by atoms with van der Waals surface area (Å²) in [6.07, 6.45) is -8.10. The molecule has 3 unspecified atom stereocenters. The molecule has 3 aliphatic rings. The zero-order valence-electron chi connectivity index (χ0n) is 34.2. The first-order valence-electron chi connectivity index (χ1n) is 19.1. The van der Waals surface area contributed by atoms with Crippen molar-refractivity contribution in [3.63, 3.8) is 0 Å². The summed E-state index contributed by atoms with van der Waals surface area (Å²) in [6.45, 7) is 18.1. The van der Waals surface area contributed by atoms with Gasteiger partial charge in [-0.2, -0.15) is 0 Å². The van der Waals surface area contributed by atoms with Gasteiger partial charge in [0.15, 0.2) is 12.6 Å². The second-order valence-corrected chi connectivity index (χ2v) is 17.2. The molecule has 0 aromatic carbocycles. The minimum atomic E-state index is -1.80. The van der Waals surface area contributed by atoms with Crippen molar-refractivity contribution in [2.24, 2.45) is 17.8 Å². The third-order valence-electron chi connectivity index (χ3n) is 12.2. The number of cyclic esters (lactones) is 1. The molecule has 3 fully saturated rings. The maximum atomic E-state index is 14.4. The summed E-state index contributed by atoms with van der Waals surface area (Å²) < 4.78 is 37.7. The first-order chi connectivity index (χ1) is 23.9. The zero-order valence-corrected chi connectivity index (χ0v) is 34.2. The molecule has 0 amide bonds. The van der Waals surface area contributed by atoms with E-state index >= 15 is 0 Å². The number of hydrogen-bond donors (Lipinski definition) is 5. The van der Waals surface area contributed by atoms with Crippen LogP contribution in [-0.2, 0) is 33.2 Å². The number of ether oxygens (including phenoxy) is 6. The van der Waals surface area contributed by atoms with Crippen LogP contribution in [0.25, 0.3) is 0 Å². The van der Waals surface area contributed by atoms with Crippen molar-refractivity contribution in [3.8, 4) is 0 Å². The molecule has 0 aromatic rings. The van der Waals surface area contributed by atoms with Gasteiger partial charge in [0.1, 0.15) is 23.9 Å². The van der Waals surface area contributed by atoms with Gasteiger partial charge in [-0.1, -0.05) is 20.8 Å². The molecule has 0 aliphatic carbocycles. The number of hydrogen-bond acceptors (Lipinski definition) is 14. The van der Waals surface area contributed by atoms with Crippen LogP contribution in [0.5, 0.6) is 0 Å². The lowest BCUT2D eigenvalue weighted by Crippen LogP contribution is -2.61. The van der Waals surface area contributed by atoms with Crippen LogP contribution in [0.4, 0.5) is 0 Å². The van der Waals surface area contributed by atoms with Gasteiger partial charge >= 0.3 is 5.97 Å². The Balaban J connectivity index is 2.17. The molecule has 3 rings (SSSR count). The Hall–Kier alpha value is -1.01. The molecule has 3 heterocycles. The SMILES string of the molecule is CC[C@@H](O)[C@](C)(O)C1OC(=O)[C@H](C)[C@@H](OC2C[C@@](C)(OC)[C@@H](O)[C@H](C)O2)[C@H](C)[C@@H](OC2O[C@H](C)C[C@@H](N(C)C)[C@H]2O)[C@](C)(O)C[C@@H](C)CN(C)[C@@H]1C. The predicted octanol–water partition coefficient (Wildman–Crippen LogP) is 1.90. The zero-order chi connectivity index (χ0) is 39.7. The van der Waals surface area contributed by atoms with Gasteiger partial charge in [-0.25, -0.2) is 0 Å². The van der Waals surface area contributed by atoms with E-state index in [1.165, 1.54) is 14.0 Å². The van der Waals surface area contributed by atoms with E-state index in [2.05, 4.69) is 0 Å². The lowest BCUT2D eigenvalue weighted by atomic mass is 9.77. The number of carbonyl (C=O) groups excluding carboxylic acids is 1. The van der Waals surface area contributed by atoms with Gasteiger partial charge in [0.25, 0.3) is 0 Å². The van der Waals surface area contributed by atoms with E-state index in [-0.39, 0.29) is 37.3 Å². The molecular weight excluding hydrogens is 676 g/mol. The highest BCUT2D eigenvalue weighted by atomic mass is 16.7. The Morgan fingerprint density at radius 1 is 1.06 bits per heavy atom. The van der Waals surface area contributed by atoms with Crippen molar-refractivity contribution in [1.82, 2.24) is 9.80 Å². The molecular formula is C38H72N2O12. The molecule has 3 aliphatic heterocycles. The summed E-state index contributed by atoms with van der Waals surface area (Å²) in [6, 6.07) is -0.803. The van der Waals surface area contributed by atoms with Crippen LogP contribution in [-0.4, -0.2) is 166 Å². The molecule has 18 atom stereocenters. The van der Waals surface area contributed by atoms with E-state index in [1.807, 2.05) is 58.6 Å². The normalized spacial score (nSPS) is 46.7. The van der Waals surface area contributed by atoms with E-state index in [0.717, 1.165) is 0 Å². The van der Waals surface area contributed by atoms with Crippen LogP contribution in [0, 0.1) is 17.8 Å². The fourth-order valence-electron chi connectivity index (χ4n) is 8.73. The molecule has 14 nitrogen and oxygen atoms in total. The fourth-order valence-corrected chi connectivity index (χ4v) is 8.73. The topological polar surface area (TPSA) is 180 Å². The average Bonchev–Trinajstić information content (AvgIpc) is 3.06. The summed E-state index contributed by atoms with van der Waals surface area (Å²) in [5, 5.41) is 57.6. The van der Waals surface area contributed by atoms with Crippen molar-refractivity contribution >= 4 is 5.97 Å². The second-order valence-electron chi connectivity index (χ2n) is 17.2. The molecule has 52 heavy (non-hydrogen) atoms. The minimum Gasteiger partial charge on any atom is -0.457 e. The van der Waals surface area contributed by atoms with Crippen LogP contribution in [0.3, 0.4) is 0 Å². The van der Waals surface area contributed by atoms with Crippen molar-refractivity contribution in [2.75, 3.05) is 34.8 Å². The van der Waals surface area contributed by atoms with Crippen LogP contribution in [0.2, 0.25) is 0 Å². The number of esters is 1. The Labute approximate surface area is 312 Å². The third kappa shape index (κ3) is 10.0. The monoisotopic (exact) mass is 749 g/mol. The van der Waals surface area contributed by atoms with E-state index in [1.54, 1.807) is 34.6 Å². The van der Waals surface area contributed by atoms with Crippen molar-refractivity contribution in [2.45, 2.75) is 185 Å². The lowest BCUT2D eigenvalue weighted by Gasteiger charge is -2.48. The van der Waals surface area contributed by atoms with Gasteiger partial charge in [0.05, 0.1) is 47.6 Å². The smallest absolute Gasteiger partial charge is 0.311 e. The first kappa shape index (κ1) is 45.4. The van der Waals surface area contributed by atoms with Gasteiger partial charge in [-0.3, -0.25) is 9.69 Å². The predicted molar refractivity (Wildman–Crippen MR) is 194 cm³/mol. The van der Waals surface area contributed by atoms with Gasteiger partial charge in [-0.15, -0.1) is 0 Å². The Morgan fingerprint density at radius 3 is 2.23 bits per heavy atom. The highest BCUT2D eigenvalue weighted by molar-refractivity contribution is 5.73. The number of likely N-dealkylation sites (N-methyl/N-ethyl adjacent to an activating group) is 2. The standard InChI is InChI=1S/C38H72N2O12/c1-15-27(41)38(10,46)33-24(6)40(13)19-20(2)17-36(8,45)32(52-35-29(42)26(39(11)12)16-21(3)48-35)22(4)30(23(5)34(44)51-33)50-28-18-37(9,47-14)31(43)25(7)49-28/h20-33,35,41-43,45-46H,15-19H2,1-14H3/t20-,21-,22+,23-,24-,25+,26-,27-,28?,29-,30+,31+,32-,33?,35?,36-,37-,38+/m1/s1. The number of aliphatic hydroxyl groups excluding tert-OH is 3. The molecule has 5 N–H and O–H groups in total. The maximum Gasteiger partial charge on any atom is 0.311 e. The van der Waals surface area contributed by atoms with Crippen LogP contribution >= 0.6 is 0 Å². The summed E-state index contributed by atoms with van der Waals surface area (Å²) in [5.41, 5.74) is -4.35. The summed E-state index contributed by atoms with van der Waals surface area (Å²) in [5.74, 6) is -2.58.